The van der Waals surface area contributed by atoms with E-state index in [1.807, 2.05) is 24.5 Å². The van der Waals surface area contributed by atoms with Gasteiger partial charge >= 0.3 is 0 Å². The van der Waals surface area contributed by atoms with Crippen LogP contribution in [-0.4, -0.2) is 11.2 Å². The maximum atomic E-state index is 5.88. The van der Waals surface area contributed by atoms with E-state index in [2.05, 4.69) is 23.7 Å². The van der Waals surface area contributed by atoms with E-state index in [1.165, 1.54) is 10.4 Å². The van der Waals surface area contributed by atoms with Gasteiger partial charge in [0.15, 0.2) is 0 Å². The molecule has 0 spiro atoms. The highest BCUT2D eigenvalue weighted by Gasteiger charge is 2.11. The van der Waals surface area contributed by atoms with Crippen molar-refractivity contribution in [2.75, 3.05) is 11.6 Å². The first kappa shape index (κ1) is 15.4. The lowest BCUT2D eigenvalue weighted by Gasteiger charge is -2.14. The molecule has 0 aliphatic heterocycles. The summed E-state index contributed by atoms with van der Waals surface area (Å²) < 4.78 is 0. The molecule has 0 radical (unpaired) electrons. The fraction of sp³-hybridized carbons (Fsp3) is 0.267. The number of rotatable bonds is 6. The molecule has 5 heteroatoms. The van der Waals surface area contributed by atoms with Gasteiger partial charge in [-0.2, -0.15) is 0 Å². The fourth-order valence-corrected chi connectivity index (χ4v) is 3.95. The van der Waals surface area contributed by atoms with Crippen molar-refractivity contribution in [3.05, 3.63) is 45.6 Å². The summed E-state index contributed by atoms with van der Waals surface area (Å²) in [6.07, 6.45) is 3.10. The van der Waals surface area contributed by atoms with Crippen molar-refractivity contribution in [3.63, 3.8) is 0 Å². The van der Waals surface area contributed by atoms with Crippen molar-refractivity contribution in [2.45, 2.75) is 24.8 Å². The Morgan fingerprint density at radius 2 is 2.20 bits per heavy atom. The Bertz CT molecular complexity index is 605. The van der Waals surface area contributed by atoms with Gasteiger partial charge in [0, 0.05) is 27.6 Å². The van der Waals surface area contributed by atoms with Crippen LogP contribution < -0.4 is 11.1 Å². The van der Waals surface area contributed by atoms with Crippen LogP contribution in [-0.2, 0) is 13.0 Å². The lowest BCUT2D eigenvalue weighted by molar-refractivity contribution is 1.08. The topological polar surface area (TPSA) is 38.0 Å². The zero-order valence-electron chi connectivity index (χ0n) is 11.6. The minimum atomic E-state index is 0.444. The van der Waals surface area contributed by atoms with Gasteiger partial charge in [0.25, 0.3) is 0 Å². The van der Waals surface area contributed by atoms with E-state index in [1.54, 1.807) is 23.1 Å². The molecule has 3 N–H and O–H groups in total. The summed E-state index contributed by atoms with van der Waals surface area (Å²) in [4.78, 5) is 2.93. The van der Waals surface area contributed by atoms with E-state index < -0.39 is 0 Å². The lowest BCUT2D eigenvalue weighted by atomic mass is 10.1. The molecular weight excluding hydrogens is 304 g/mol. The summed E-state index contributed by atoms with van der Waals surface area (Å²) in [6, 6.07) is 8.31. The molecule has 1 aromatic carbocycles. The number of thioether (sulfide) groups is 1. The third kappa shape index (κ3) is 3.34. The molecular formula is C15H18N2S3. The summed E-state index contributed by atoms with van der Waals surface area (Å²) in [7, 11) is 0. The molecule has 0 saturated heterocycles. The molecule has 1 heterocycles. The highest BCUT2D eigenvalue weighted by molar-refractivity contribution is 7.98. The van der Waals surface area contributed by atoms with Crippen molar-refractivity contribution >= 4 is 46.0 Å². The van der Waals surface area contributed by atoms with Crippen LogP contribution in [0.4, 0.5) is 5.69 Å². The molecule has 0 saturated carbocycles. The number of nitrogens with one attached hydrogen (secondary N) is 1. The average molecular weight is 323 g/mol. The first-order valence-electron chi connectivity index (χ1n) is 6.43. The molecule has 0 aliphatic rings. The van der Waals surface area contributed by atoms with Crippen molar-refractivity contribution in [2.24, 2.45) is 5.73 Å². The summed E-state index contributed by atoms with van der Waals surface area (Å²) in [6.45, 7) is 2.99. The second-order valence-electron chi connectivity index (χ2n) is 4.32. The second-order valence-corrected chi connectivity index (χ2v) is 6.61. The molecule has 2 nitrogen and oxygen atoms in total. The minimum absolute atomic E-state index is 0.444. The third-order valence-electron chi connectivity index (χ3n) is 3.15. The van der Waals surface area contributed by atoms with E-state index in [-0.39, 0.29) is 0 Å². The molecule has 0 aliphatic carbocycles. The second kappa shape index (κ2) is 7.11. The smallest absolute Gasteiger partial charge is 0.107 e. The molecule has 0 amide bonds. The Morgan fingerprint density at radius 3 is 2.85 bits per heavy atom. The van der Waals surface area contributed by atoms with Gasteiger partial charge in [0.1, 0.15) is 4.99 Å². The van der Waals surface area contributed by atoms with Crippen LogP contribution in [0.25, 0.3) is 0 Å². The largest absolute Gasteiger partial charge is 0.389 e. The van der Waals surface area contributed by atoms with Gasteiger partial charge in [-0.15, -0.1) is 23.1 Å². The highest BCUT2D eigenvalue weighted by atomic mass is 32.2. The normalized spacial score (nSPS) is 10.5. The van der Waals surface area contributed by atoms with Gasteiger partial charge in [-0.3, -0.25) is 0 Å². The van der Waals surface area contributed by atoms with E-state index in [0.29, 0.717) is 4.99 Å². The predicted octanol–water partition coefficient (Wildman–Crippen LogP) is 4.28. The molecule has 0 unspecified atom stereocenters. The summed E-state index contributed by atoms with van der Waals surface area (Å²) in [5.74, 6) is 0. The van der Waals surface area contributed by atoms with Crippen LogP contribution in [0.15, 0.2) is 34.5 Å². The van der Waals surface area contributed by atoms with E-state index in [0.717, 1.165) is 29.1 Å². The number of thiocarbonyl (C=S) groups is 1. The van der Waals surface area contributed by atoms with E-state index >= 15 is 0 Å². The van der Waals surface area contributed by atoms with Gasteiger partial charge in [-0.25, -0.2) is 0 Å². The molecule has 2 aromatic rings. The summed E-state index contributed by atoms with van der Waals surface area (Å²) in [5, 5.41) is 5.62. The number of anilines is 1. The number of thiophene rings is 1. The van der Waals surface area contributed by atoms with Crippen molar-refractivity contribution in [1.82, 2.24) is 0 Å². The predicted molar refractivity (Wildman–Crippen MR) is 95.1 cm³/mol. The quantitative estimate of drug-likeness (QED) is 0.615. The van der Waals surface area contributed by atoms with Gasteiger partial charge in [-0.1, -0.05) is 25.2 Å². The van der Waals surface area contributed by atoms with Crippen LogP contribution in [0.1, 0.15) is 22.9 Å². The minimum Gasteiger partial charge on any atom is -0.389 e. The number of nitrogens with two attached hydrogens (primary N) is 1. The summed E-state index contributed by atoms with van der Waals surface area (Å²) in [5.41, 5.74) is 9.24. The Balaban J connectivity index is 2.23. The molecule has 106 valence electrons. The highest BCUT2D eigenvalue weighted by Crippen LogP contribution is 2.28. The Kier molecular flexibility index (Phi) is 5.46. The molecule has 1 aromatic heterocycles. The van der Waals surface area contributed by atoms with Gasteiger partial charge in [0.05, 0.1) is 0 Å². The van der Waals surface area contributed by atoms with Crippen LogP contribution >= 0.6 is 35.3 Å². The van der Waals surface area contributed by atoms with Gasteiger partial charge < -0.3 is 11.1 Å². The maximum absolute atomic E-state index is 5.88. The summed E-state index contributed by atoms with van der Waals surface area (Å²) >= 11 is 8.64. The molecule has 2 rings (SSSR count). The number of hydrogen-bond acceptors (Lipinski definition) is 4. The standard InChI is InChI=1S/C15H18N2S3/c1-3-10-7-8-20-13(10)9-17-11-5-4-6-12(19-2)14(11)15(16)18/h4-8,17H,3,9H2,1-2H3,(H2,16,18). The monoisotopic (exact) mass is 322 g/mol. The molecule has 0 atom stereocenters. The molecule has 0 fully saturated rings. The fourth-order valence-electron chi connectivity index (χ4n) is 2.12. The van der Waals surface area contributed by atoms with Crippen molar-refractivity contribution in [1.29, 1.82) is 0 Å². The SMILES string of the molecule is CCc1ccsc1CNc1cccc(SC)c1C(N)=S. The first-order chi connectivity index (χ1) is 9.67. The maximum Gasteiger partial charge on any atom is 0.107 e. The average Bonchev–Trinajstić information content (AvgIpc) is 2.91. The van der Waals surface area contributed by atoms with Crippen LogP contribution in [0.3, 0.4) is 0 Å². The zero-order chi connectivity index (χ0) is 14.5. The van der Waals surface area contributed by atoms with Crippen molar-refractivity contribution < 1.29 is 0 Å². The Hall–Kier alpha value is -1.04. The lowest BCUT2D eigenvalue weighted by Crippen LogP contribution is -2.14. The molecule has 20 heavy (non-hydrogen) atoms. The zero-order valence-corrected chi connectivity index (χ0v) is 14.1. The number of aryl methyl sites for hydroxylation is 1. The Labute approximate surface area is 133 Å². The van der Waals surface area contributed by atoms with E-state index in [9.17, 15) is 0 Å². The molecule has 0 bridgehead atoms. The van der Waals surface area contributed by atoms with Crippen molar-refractivity contribution in [3.8, 4) is 0 Å². The number of benzene rings is 1. The first-order valence-corrected chi connectivity index (χ1v) is 8.94. The van der Waals surface area contributed by atoms with E-state index in [4.69, 9.17) is 18.0 Å². The Morgan fingerprint density at radius 1 is 1.40 bits per heavy atom. The third-order valence-corrected chi connectivity index (χ3v) is 5.10. The van der Waals surface area contributed by atoms with Crippen LogP contribution in [0, 0.1) is 0 Å². The van der Waals surface area contributed by atoms with Crippen LogP contribution in [0.5, 0.6) is 0 Å². The number of hydrogen-bond donors (Lipinski definition) is 2. The van der Waals surface area contributed by atoms with Crippen LogP contribution in [0.2, 0.25) is 0 Å². The van der Waals surface area contributed by atoms with Gasteiger partial charge in [0.2, 0.25) is 0 Å². The van der Waals surface area contributed by atoms with Gasteiger partial charge in [-0.05, 0) is 41.8 Å².